The highest BCUT2D eigenvalue weighted by molar-refractivity contribution is 6.38. The molecule has 1 atom stereocenters. The number of nitrogens with zero attached hydrogens (tertiary/aromatic N) is 2. The van der Waals surface area contributed by atoms with E-state index < -0.39 is 17.7 Å². The lowest BCUT2D eigenvalue weighted by Gasteiger charge is -2.29. The predicted octanol–water partition coefficient (Wildman–Crippen LogP) is 2.72. The van der Waals surface area contributed by atoms with Gasteiger partial charge in [0.25, 0.3) is 5.91 Å². The van der Waals surface area contributed by atoms with Gasteiger partial charge >= 0.3 is 6.03 Å². The van der Waals surface area contributed by atoms with E-state index in [2.05, 4.69) is 5.32 Å². The number of carbonyl (C=O) groups is 3. The first-order valence-corrected chi connectivity index (χ1v) is 9.96. The lowest BCUT2D eigenvalue weighted by molar-refractivity contribution is -0.140. The molecule has 27 heavy (non-hydrogen) atoms. The largest absolute Gasteiger partial charge is 0.347 e. The fourth-order valence-electron chi connectivity index (χ4n) is 4.07. The van der Waals surface area contributed by atoms with Crippen LogP contribution in [0, 0.1) is 0 Å². The van der Waals surface area contributed by atoms with E-state index in [0.29, 0.717) is 19.5 Å². The topological polar surface area (TPSA) is 69.7 Å². The molecule has 6 heteroatoms. The maximum atomic E-state index is 12.8. The maximum Gasteiger partial charge on any atom is 0.320 e. The summed E-state index contributed by atoms with van der Waals surface area (Å²) in [6.45, 7) is 0.996. The Labute approximate surface area is 160 Å². The minimum atomic E-state index is -0.640. The van der Waals surface area contributed by atoms with E-state index in [0.717, 1.165) is 37.7 Å². The van der Waals surface area contributed by atoms with E-state index in [9.17, 15) is 14.4 Å². The van der Waals surface area contributed by atoms with Gasteiger partial charge in [-0.3, -0.25) is 9.59 Å². The molecule has 1 heterocycles. The summed E-state index contributed by atoms with van der Waals surface area (Å²) in [6.07, 6.45) is 6.56. The van der Waals surface area contributed by atoms with Crippen LogP contribution in [-0.4, -0.2) is 53.2 Å². The van der Waals surface area contributed by atoms with E-state index in [4.69, 9.17) is 0 Å². The van der Waals surface area contributed by atoms with Gasteiger partial charge < -0.3 is 15.1 Å². The van der Waals surface area contributed by atoms with Crippen LogP contribution < -0.4 is 5.32 Å². The molecule has 1 aromatic rings. The molecule has 1 aromatic carbocycles. The van der Waals surface area contributed by atoms with Crippen LogP contribution in [0.4, 0.5) is 4.79 Å². The van der Waals surface area contributed by atoms with Crippen molar-refractivity contribution >= 4 is 17.7 Å². The molecule has 1 saturated heterocycles. The van der Waals surface area contributed by atoms with E-state index in [-0.39, 0.29) is 12.1 Å². The fraction of sp³-hybridized carbons (Fsp3) is 0.571. The Morgan fingerprint density at radius 2 is 1.74 bits per heavy atom. The molecule has 1 aliphatic carbocycles. The van der Waals surface area contributed by atoms with Gasteiger partial charge in [-0.1, -0.05) is 49.6 Å². The van der Waals surface area contributed by atoms with E-state index in [1.54, 1.807) is 16.8 Å². The van der Waals surface area contributed by atoms with Gasteiger partial charge in [-0.2, -0.15) is 0 Å². The zero-order valence-electron chi connectivity index (χ0n) is 16.0. The Morgan fingerprint density at radius 3 is 2.44 bits per heavy atom. The number of hydrogen-bond donors (Lipinski definition) is 1. The monoisotopic (exact) mass is 371 g/mol. The number of carbonyl (C=O) groups excluding carboxylic acids is 3. The minimum Gasteiger partial charge on any atom is -0.347 e. The molecule has 0 radical (unpaired) electrons. The van der Waals surface area contributed by atoms with Crippen LogP contribution in [-0.2, 0) is 16.1 Å². The van der Waals surface area contributed by atoms with Crippen molar-refractivity contribution < 1.29 is 14.4 Å². The maximum absolute atomic E-state index is 12.8. The lowest BCUT2D eigenvalue weighted by atomic mass is 9.95. The van der Waals surface area contributed by atoms with Crippen LogP contribution in [0.15, 0.2) is 30.3 Å². The number of hydrogen-bond acceptors (Lipinski definition) is 3. The van der Waals surface area contributed by atoms with Crippen LogP contribution in [0.1, 0.15) is 50.5 Å². The summed E-state index contributed by atoms with van der Waals surface area (Å²) in [5.41, 5.74) is 1.03. The molecule has 2 aliphatic rings. The number of likely N-dealkylation sites (tertiary alicyclic amines) is 1. The van der Waals surface area contributed by atoms with Crippen LogP contribution in [0.25, 0.3) is 0 Å². The summed E-state index contributed by atoms with van der Waals surface area (Å²) in [4.78, 5) is 41.1. The summed E-state index contributed by atoms with van der Waals surface area (Å²) in [7, 11) is 1.73. The van der Waals surface area contributed by atoms with Crippen molar-refractivity contribution in [1.82, 2.24) is 15.1 Å². The zero-order valence-corrected chi connectivity index (χ0v) is 16.0. The van der Waals surface area contributed by atoms with Crippen LogP contribution in [0.5, 0.6) is 0 Å². The van der Waals surface area contributed by atoms with Gasteiger partial charge in [-0.15, -0.1) is 0 Å². The molecule has 0 bridgehead atoms. The summed E-state index contributed by atoms with van der Waals surface area (Å²) < 4.78 is 0. The van der Waals surface area contributed by atoms with Gasteiger partial charge in [-0.05, 0) is 31.2 Å². The summed E-state index contributed by atoms with van der Waals surface area (Å²) >= 11 is 0. The molecular formula is C21H29N3O3. The third-order valence-corrected chi connectivity index (χ3v) is 5.55. The van der Waals surface area contributed by atoms with Gasteiger partial charge in [0.1, 0.15) is 6.04 Å². The van der Waals surface area contributed by atoms with Crippen molar-refractivity contribution in [3.05, 3.63) is 35.9 Å². The third-order valence-electron chi connectivity index (χ3n) is 5.55. The number of amides is 3. The second kappa shape index (κ2) is 9.02. The first-order chi connectivity index (χ1) is 13.1. The average Bonchev–Trinajstić information content (AvgIpc) is 3.18. The Bertz CT molecular complexity index is 671. The standard InChI is InChI=1S/C21H29N3O3/c1-23(15-16-9-4-2-5-10-16)21(27)24-14-8-13-18(24)19(25)20(26)22-17-11-6-3-7-12-17/h2,4-5,9-10,17-18H,3,6-8,11-15H2,1H3,(H,22,26). The van der Waals surface area contributed by atoms with Crippen LogP contribution in [0.3, 0.4) is 0 Å². The van der Waals surface area contributed by atoms with E-state index in [1.165, 1.54) is 6.42 Å². The van der Waals surface area contributed by atoms with Crippen molar-refractivity contribution in [2.45, 2.75) is 63.6 Å². The van der Waals surface area contributed by atoms with Gasteiger partial charge in [0.2, 0.25) is 5.78 Å². The molecule has 146 valence electrons. The Balaban J connectivity index is 1.58. The molecule has 1 N–H and O–H groups in total. The van der Waals surface area contributed by atoms with Crippen molar-refractivity contribution in [1.29, 1.82) is 0 Å². The SMILES string of the molecule is CN(Cc1ccccc1)C(=O)N1CCCC1C(=O)C(=O)NC1CCCCC1. The first-order valence-electron chi connectivity index (χ1n) is 9.96. The van der Waals surface area contributed by atoms with Gasteiger partial charge in [0.05, 0.1) is 0 Å². The fourth-order valence-corrected chi connectivity index (χ4v) is 4.07. The highest BCUT2D eigenvalue weighted by Crippen LogP contribution is 2.22. The van der Waals surface area contributed by atoms with Crippen molar-refractivity contribution in [2.24, 2.45) is 0 Å². The number of urea groups is 1. The normalized spacial score (nSPS) is 20.3. The first kappa shape index (κ1) is 19.4. The highest BCUT2D eigenvalue weighted by Gasteiger charge is 2.38. The quantitative estimate of drug-likeness (QED) is 0.809. The molecular weight excluding hydrogens is 342 g/mol. The summed E-state index contributed by atoms with van der Waals surface area (Å²) in [5.74, 6) is -1.00. The predicted molar refractivity (Wildman–Crippen MR) is 103 cm³/mol. The number of rotatable bonds is 5. The van der Waals surface area contributed by atoms with Crippen molar-refractivity contribution in [3.8, 4) is 0 Å². The molecule has 1 unspecified atom stereocenters. The van der Waals surface area contributed by atoms with E-state index in [1.807, 2.05) is 30.3 Å². The smallest absolute Gasteiger partial charge is 0.320 e. The second-order valence-corrected chi connectivity index (χ2v) is 7.65. The average molecular weight is 371 g/mol. The second-order valence-electron chi connectivity index (χ2n) is 7.65. The summed E-state index contributed by atoms with van der Waals surface area (Å²) in [5, 5.41) is 2.88. The molecule has 6 nitrogen and oxygen atoms in total. The number of Topliss-reactive ketones (excluding diaryl/α,β-unsaturated/α-hetero) is 1. The Hall–Kier alpha value is -2.37. The number of ketones is 1. The van der Waals surface area contributed by atoms with Gasteiger partial charge in [0, 0.05) is 26.2 Å². The molecule has 3 rings (SSSR count). The van der Waals surface area contributed by atoms with Gasteiger partial charge in [-0.25, -0.2) is 4.79 Å². The van der Waals surface area contributed by atoms with Crippen molar-refractivity contribution in [3.63, 3.8) is 0 Å². The Kier molecular flexibility index (Phi) is 6.48. The van der Waals surface area contributed by atoms with Crippen LogP contribution >= 0.6 is 0 Å². The van der Waals surface area contributed by atoms with Crippen molar-refractivity contribution in [2.75, 3.05) is 13.6 Å². The molecule has 2 fully saturated rings. The van der Waals surface area contributed by atoms with Crippen LogP contribution in [0.2, 0.25) is 0 Å². The lowest BCUT2D eigenvalue weighted by Crippen LogP contribution is -2.51. The third kappa shape index (κ3) is 4.87. The molecule has 3 amide bonds. The molecule has 1 saturated carbocycles. The van der Waals surface area contributed by atoms with E-state index >= 15 is 0 Å². The summed E-state index contributed by atoms with van der Waals surface area (Å²) in [6, 6.07) is 9.01. The molecule has 0 aromatic heterocycles. The molecule has 1 aliphatic heterocycles. The van der Waals surface area contributed by atoms with Gasteiger partial charge in [0.15, 0.2) is 0 Å². The minimum absolute atomic E-state index is 0.0986. The Morgan fingerprint density at radius 1 is 1.04 bits per heavy atom. The number of benzene rings is 1. The zero-order chi connectivity index (χ0) is 19.2. The highest BCUT2D eigenvalue weighted by atomic mass is 16.2. The number of nitrogens with one attached hydrogen (secondary N) is 1. The molecule has 0 spiro atoms.